The molecule has 4 heteroatoms. The van der Waals surface area contributed by atoms with Gasteiger partial charge in [-0.25, -0.2) is 4.39 Å². The van der Waals surface area contributed by atoms with Gasteiger partial charge in [-0.3, -0.25) is 4.68 Å². The van der Waals surface area contributed by atoms with Gasteiger partial charge in [-0.05, 0) is 19.4 Å². The predicted octanol–water partition coefficient (Wildman–Crippen LogP) is 2.09. The van der Waals surface area contributed by atoms with E-state index in [1.165, 1.54) is 11.3 Å². The maximum absolute atomic E-state index is 12.4. The first-order valence-electron chi connectivity index (χ1n) is 6.12. The van der Waals surface area contributed by atoms with Crippen molar-refractivity contribution in [3.05, 3.63) is 17.0 Å². The van der Waals surface area contributed by atoms with Crippen molar-refractivity contribution in [2.45, 2.75) is 46.7 Å². The molecule has 0 fully saturated rings. The second-order valence-electron chi connectivity index (χ2n) is 3.77. The molecule has 0 unspecified atom stereocenters. The Kier molecular flexibility index (Phi) is 5.46. The quantitative estimate of drug-likeness (QED) is 0.773. The summed E-state index contributed by atoms with van der Waals surface area (Å²) in [6, 6.07) is 0. The van der Waals surface area contributed by atoms with Crippen LogP contribution in [0, 0.1) is 0 Å². The number of nitrogens with zero attached hydrogens (tertiary/aromatic N) is 2. The molecule has 1 aromatic heterocycles. The Hall–Kier alpha value is -0.900. The largest absolute Gasteiger partial charge is 0.313 e. The number of alkyl halides is 1. The molecule has 1 aromatic rings. The minimum Gasteiger partial charge on any atom is -0.313 e. The van der Waals surface area contributed by atoms with Crippen molar-refractivity contribution in [2.24, 2.45) is 0 Å². The Morgan fingerprint density at radius 1 is 1.25 bits per heavy atom. The van der Waals surface area contributed by atoms with E-state index in [0.717, 1.165) is 31.6 Å². The van der Waals surface area contributed by atoms with Gasteiger partial charge in [0, 0.05) is 17.8 Å². The number of aryl methyl sites for hydroxylation is 2. The molecule has 0 radical (unpaired) electrons. The maximum atomic E-state index is 12.4. The van der Waals surface area contributed by atoms with Crippen LogP contribution in [0.25, 0.3) is 0 Å². The van der Waals surface area contributed by atoms with Crippen LogP contribution in [-0.2, 0) is 25.9 Å². The molecule has 0 saturated carbocycles. The Morgan fingerprint density at radius 2 is 2.00 bits per heavy atom. The van der Waals surface area contributed by atoms with Crippen LogP contribution in [-0.4, -0.2) is 23.0 Å². The van der Waals surface area contributed by atoms with E-state index < -0.39 is 0 Å². The lowest BCUT2D eigenvalue weighted by molar-refractivity contribution is 0.419. The van der Waals surface area contributed by atoms with Crippen LogP contribution < -0.4 is 5.32 Å². The smallest absolute Gasteiger partial charge is 0.109 e. The normalized spacial score (nSPS) is 11.0. The van der Waals surface area contributed by atoms with Gasteiger partial charge in [0.2, 0.25) is 0 Å². The Labute approximate surface area is 97.0 Å². The van der Waals surface area contributed by atoms with Gasteiger partial charge in [-0.2, -0.15) is 5.10 Å². The minimum atomic E-state index is -0.349. The molecule has 0 aliphatic rings. The van der Waals surface area contributed by atoms with Gasteiger partial charge < -0.3 is 5.32 Å². The molecule has 0 aliphatic heterocycles. The summed E-state index contributed by atoms with van der Waals surface area (Å²) in [4.78, 5) is 0. The van der Waals surface area contributed by atoms with Gasteiger partial charge >= 0.3 is 0 Å². The lowest BCUT2D eigenvalue weighted by Gasteiger charge is -2.06. The monoisotopic (exact) mass is 227 g/mol. The highest BCUT2D eigenvalue weighted by atomic mass is 19.1. The molecule has 16 heavy (non-hydrogen) atoms. The fraction of sp³-hybridized carbons (Fsp3) is 0.750. The summed E-state index contributed by atoms with van der Waals surface area (Å²) in [7, 11) is 0. The molecule has 92 valence electrons. The summed E-state index contributed by atoms with van der Waals surface area (Å²) >= 11 is 0. The molecule has 0 aliphatic carbocycles. The molecule has 1 rings (SSSR count). The van der Waals surface area contributed by atoms with Crippen LogP contribution in [0.5, 0.6) is 0 Å². The molecule has 0 aromatic carbocycles. The van der Waals surface area contributed by atoms with E-state index >= 15 is 0 Å². The van der Waals surface area contributed by atoms with Crippen LogP contribution in [0.3, 0.4) is 0 Å². The standard InChI is InChI=1S/C12H22FN3/c1-4-11-10(9-14-6-3)12(5-2)16(15-11)8-7-13/h14H,4-9H2,1-3H3. The van der Waals surface area contributed by atoms with E-state index in [2.05, 4.69) is 31.2 Å². The summed E-state index contributed by atoms with van der Waals surface area (Å²) in [5, 5.41) is 7.80. The first kappa shape index (κ1) is 13.2. The summed E-state index contributed by atoms with van der Waals surface area (Å²) in [5.74, 6) is 0. The van der Waals surface area contributed by atoms with Crippen molar-refractivity contribution in [2.75, 3.05) is 13.2 Å². The molecule has 0 spiro atoms. The lowest BCUT2D eigenvalue weighted by Crippen LogP contribution is -2.14. The van der Waals surface area contributed by atoms with E-state index in [0.29, 0.717) is 6.54 Å². The zero-order valence-corrected chi connectivity index (χ0v) is 10.5. The summed E-state index contributed by atoms with van der Waals surface area (Å²) in [6.45, 7) is 8.09. The fourth-order valence-electron chi connectivity index (χ4n) is 1.99. The SMILES string of the molecule is CCNCc1c(CC)nn(CCF)c1CC. The number of nitrogens with one attached hydrogen (secondary N) is 1. The number of hydrogen-bond donors (Lipinski definition) is 1. The average molecular weight is 227 g/mol. The molecule has 0 saturated heterocycles. The van der Waals surface area contributed by atoms with Crippen LogP contribution in [0.15, 0.2) is 0 Å². The highest BCUT2D eigenvalue weighted by Crippen LogP contribution is 2.16. The van der Waals surface area contributed by atoms with Gasteiger partial charge in [0.25, 0.3) is 0 Å². The average Bonchev–Trinajstić information content (AvgIpc) is 2.64. The van der Waals surface area contributed by atoms with E-state index in [-0.39, 0.29) is 6.67 Å². The maximum Gasteiger partial charge on any atom is 0.109 e. The van der Waals surface area contributed by atoms with Gasteiger partial charge in [-0.1, -0.05) is 20.8 Å². The minimum absolute atomic E-state index is 0.349. The number of rotatable bonds is 7. The molecule has 1 N–H and O–H groups in total. The van der Waals surface area contributed by atoms with Gasteiger partial charge in [0.15, 0.2) is 0 Å². The third-order valence-electron chi connectivity index (χ3n) is 2.77. The summed E-state index contributed by atoms with van der Waals surface area (Å²) in [5.41, 5.74) is 3.54. The molecule has 3 nitrogen and oxygen atoms in total. The van der Waals surface area contributed by atoms with E-state index in [4.69, 9.17) is 0 Å². The van der Waals surface area contributed by atoms with E-state index in [1.54, 1.807) is 0 Å². The molecule has 0 atom stereocenters. The van der Waals surface area contributed by atoms with Crippen LogP contribution in [0.2, 0.25) is 0 Å². The number of aromatic nitrogens is 2. The van der Waals surface area contributed by atoms with Crippen molar-refractivity contribution in [1.29, 1.82) is 0 Å². The third-order valence-corrected chi connectivity index (χ3v) is 2.77. The second-order valence-corrected chi connectivity index (χ2v) is 3.77. The second kappa shape index (κ2) is 6.63. The van der Waals surface area contributed by atoms with Crippen LogP contribution in [0.4, 0.5) is 4.39 Å². The summed E-state index contributed by atoms with van der Waals surface area (Å²) < 4.78 is 14.2. The van der Waals surface area contributed by atoms with Gasteiger partial charge in [0.05, 0.1) is 12.2 Å². The topological polar surface area (TPSA) is 29.9 Å². The Balaban J connectivity index is 2.99. The zero-order chi connectivity index (χ0) is 12.0. The highest BCUT2D eigenvalue weighted by Gasteiger charge is 2.14. The zero-order valence-electron chi connectivity index (χ0n) is 10.5. The predicted molar refractivity (Wildman–Crippen MR) is 64.3 cm³/mol. The summed E-state index contributed by atoms with van der Waals surface area (Å²) in [6.07, 6.45) is 1.82. The Bertz CT molecular complexity index is 320. The van der Waals surface area contributed by atoms with E-state index in [1.807, 2.05) is 4.68 Å². The van der Waals surface area contributed by atoms with Crippen molar-refractivity contribution < 1.29 is 4.39 Å². The van der Waals surface area contributed by atoms with Gasteiger partial charge in [-0.15, -0.1) is 0 Å². The number of hydrogen-bond acceptors (Lipinski definition) is 2. The number of halogens is 1. The van der Waals surface area contributed by atoms with Gasteiger partial charge in [0.1, 0.15) is 6.67 Å². The first-order chi connectivity index (χ1) is 7.78. The van der Waals surface area contributed by atoms with Crippen molar-refractivity contribution in [3.8, 4) is 0 Å². The lowest BCUT2D eigenvalue weighted by atomic mass is 10.1. The molecular formula is C12H22FN3. The molecular weight excluding hydrogens is 205 g/mol. The third kappa shape index (κ3) is 2.82. The van der Waals surface area contributed by atoms with Crippen molar-refractivity contribution >= 4 is 0 Å². The van der Waals surface area contributed by atoms with Crippen molar-refractivity contribution in [3.63, 3.8) is 0 Å². The molecule has 0 amide bonds. The fourth-order valence-corrected chi connectivity index (χ4v) is 1.99. The van der Waals surface area contributed by atoms with Crippen LogP contribution in [0.1, 0.15) is 37.7 Å². The highest BCUT2D eigenvalue weighted by molar-refractivity contribution is 5.26. The first-order valence-corrected chi connectivity index (χ1v) is 6.12. The van der Waals surface area contributed by atoms with E-state index in [9.17, 15) is 4.39 Å². The molecule has 0 bridgehead atoms. The molecule has 1 heterocycles. The van der Waals surface area contributed by atoms with Crippen molar-refractivity contribution in [1.82, 2.24) is 15.1 Å². The Morgan fingerprint density at radius 3 is 2.50 bits per heavy atom. The van der Waals surface area contributed by atoms with Crippen LogP contribution >= 0.6 is 0 Å².